The molecule has 9 heteroatoms. The van der Waals surface area contributed by atoms with Gasteiger partial charge in [-0.05, 0) is 63.7 Å². The van der Waals surface area contributed by atoms with Gasteiger partial charge in [-0.15, -0.1) is 0 Å². The van der Waals surface area contributed by atoms with E-state index in [1.807, 2.05) is 62.1 Å². The van der Waals surface area contributed by atoms with E-state index in [2.05, 4.69) is 41.1 Å². The third kappa shape index (κ3) is 4.34. The highest BCUT2D eigenvalue weighted by Gasteiger charge is 2.27. The van der Waals surface area contributed by atoms with Crippen LogP contribution in [0.4, 0.5) is 0 Å². The van der Waals surface area contributed by atoms with E-state index in [9.17, 15) is 4.79 Å². The van der Waals surface area contributed by atoms with Crippen LogP contribution in [-0.2, 0) is 0 Å². The molecule has 0 bridgehead atoms. The van der Waals surface area contributed by atoms with Crippen LogP contribution in [0.2, 0.25) is 0 Å². The van der Waals surface area contributed by atoms with Crippen molar-refractivity contribution in [3.63, 3.8) is 0 Å². The van der Waals surface area contributed by atoms with Gasteiger partial charge in [0.05, 0.1) is 29.4 Å². The summed E-state index contributed by atoms with van der Waals surface area (Å²) >= 11 is 0. The zero-order chi connectivity index (χ0) is 30.0. The number of H-pyrrole nitrogens is 1. The van der Waals surface area contributed by atoms with Crippen LogP contribution >= 0.6 is 0 Å². The van der Waals surface area contributed by atoms with Gasteiger partial charge in [0.2, 0.25) is 0 Å². The highest BCUT2D eigenvalue weighted by atomic mass is 16.5. The molecule has 7 rings (SSSR count). The Labute approximate surface area is 249 Å². The Balaban J connectivity index is 1.43. The molecule has 0 aliphatic carbocycles. The first-order chi connectivity index (χ1) is 20.7. The average Bonchev–Trinajstić information content (AvgIpc) is 3.53. The number of likely N-dealkylation sites (N-methyl/N-ethyl adjacent to an activating group) is 1. The van der Waals surface area contributed by atoms with Gasteiger partial charge in [0, 0.05) is 53.3 Å². The number of nitrogens with zero attached hydrogens (tertiary/aromatic N) is 5. The molecular weight excluding hydrogens is 540 g/mol. The molecule has 1 amide bonds. The fraction of sp³-hybridized carbons (Fsp3) is 0.294. The minimum Gasteiger partial charge on any atom is -0.496 e. The monoisotopic (exact) mass is 574 g/mol. The van der Waals surface area contributed by atoms with Crippen molar-refractivity contribution in [1.29, 1.82) is 0 Å². The Bertz CT molecular complexity index is 2040. The largest absolute Gasteiger partial charge is 0.496 e. The van der Waals surface area contributed by atoms with Gasteiger partial charge in [-0.3, -0.25) is 4.79 Å². The molecule has 0 unspecified atom stereocenters. The summed E-state index contributed by atoms with van der Waals surface area (Å²) in [4.78, 5) is 31.4. The molecule has 1 atom stereocenters. The van der Waals surface area contributed by atoms with Crippen molar-refractivity contribution >= 4 is 38.6 Å². The van der Waals surface area contributed by atoms with Crippen LogP contribution in [0.5, 0.6) is 5.75 Å². The number of amides is 1. The number of carbonyl (C=O) groups excluding carboxylic acids is 1. The molecule has 0 radical (unpaired) electrons. The topological polar surface area (TPSA) is 100 Å². The average molecular weight is 575 g/mol. The van der Waals surface area contributed by atoms with E-state index in [-0.39, 0.29) is 5.91 Å². The number of hydrogen-bond donors (Lipinski definition) is 1. The molecule has 1 fully saturated rings. The SMILES string of the molecule is COc1cc2c(cc1-c1c(C)noc1C)[nH]c1nc(C)nc(-c3ccc(C(=O)N4CCN(C)[C@@H](C)C4)c4ccccc34)c12. The van der Waals surface area contributed by atoms with Crippen molar-refractivity contribution in [2.45, 2.75) is 33.7 Å². The zero-order valence-corrected chi connectivity index (χ0v) is 25.3. The Hall–Kier alpha value is -4.76. The van der Waals surface area contributed by atoms with E-state index in [4.69, 9.17) is 19.2 Å². The van der Waals surface area contributed by atoms with E-state index in [0.29, 0.717) is 36.3 Å². The molecule has 3 aromatic carbocycles. The summed E-state index contributed by atoms with van der Waals surface area (Å²) in [7, 11) is 3.78. The van der Waals surface area contributed by atoms with Crippen molar-refractivity contribution in [3.05, 3.63) is 71.4 Å². The van der Waals surface area contributed by atoms with Gasteiger partial charge in [0.25, 0.3) is 5.91 Å². The maximum absolute atomic E-state index is 13.8. The maximum atomic E-state index is 13.8. The molecule has 9 nitrogen and oxygen atoms in total. The minimum atomic E-state index is 0.0652. The molecule has 43 heavy (non-hydrogen) atoms. The summed E-state index contributed by atoms with van der Waals surface area (Å²) < 4.78 is 11.4. The number of aromatic amines is 1. The predicted molar refractivity (Wildman–Crippen MR) is 169 cm³/mol. The second kappa shape index (κ2) is 10.2. The number of nitrogens with one attached hydrogen (secondary N) is 1. The fourth-order valence-corrected chi connectivity index (χ4v) is 6.46. The highest BCUT2D eigenvalue weighted by Crippen LogP contribution is 2.42. The second-order valence-corrected chi connectivity index (χ2v) is 11.6. The Morgan fingerprint density at radius 2 is 1.79 bits per heavy atom. The van der Waals surface area contributed by atoms with Crippen molar-refractivity contribution in [2.75, 3.05) is 33.8 Å². The highest BCUT2D eigenvalue weighted by molar-refractivity contribution is 6.17. The normalized spacial score (nSPS) is 16.0. The van der Waals surface area contributed by atoms with E-state index in [1.165, 1.54) is 0 Å². The lowest BCUT2D eigenvalue weighted by Crippen LogP contribution is -2.52. The number of fused-ring (bicyclic) bond motifs is 4. The first-order valence-electron chi connectivity index (χ1n) is 14.6. The van der Waals surface area contributed by atoms with Gasteiger partial charge in [-0.2, -0.15) is 0 Å². The third-order valence-electron chi connectivity index (χ3n) is 8.84. The van der Waals surface area contributed by atoms with Crippen LogP contribution in [-0.4, -0.2) is 75.6 Å². The van der Waals surface area contributed by atoms with Gasteiger partial charge < -0.3 is 24.0 Å². The lowest BCUT2D eigenvalue weighted by atomic mass is 9.94. The van der Waals surface area contributed by atoms with Crippen LogP contribution in [0.1, 0.15) is 34.6 Å². The van der Waals surface area contributed by atoms with Gasteiger partial charge in [0.1, 0.15) is 23.0 Å². The molecule has 0 spiro atoms. The number of methoxy groups -OCH3 is 1. The van der Waals surface area contributed by atoms with Gasteiger partial charge in [-0.25, -0.2) is 9.97 Å². The summed E-state index contributed by atoms with van der Waals surface area (Å²) in [5.41, 5.74) is 6.74. The standard InChI is InChI=1S/C34H34N6O3/c1-18-17-40(14-13-39(18)5)34(41)25-12-11-24(22-9-7-8-10-23(22)25)32-31-26-16-29(42-6)27(30-19(2)38-43-20(30)3)15-28(26)37-33(31)36-21(4)35-32/h7-12,15-16,18H,13-14,17H2,1-6H3,(H,35,36,37)/t18-/m0/s1. The summed E-state index contributed by atoms with van der Waals surface area (Å²) in [6.07, 6.45) is 0. The third-order valence-corrected chi connectivity index (χ3v) is 8.84. The molecule has 3 aromatic heterocycles. The quantitative estimate of drug-likeness (QED) is 0.264. The summed E-state index contributed by atoms with van der Waals surface area (Å²) in [5, 5.41) is 7.90. The molecule has 1 aliphatic rings. The van der Waals surface area contributed by atoms with E-state index >= 15 is 0 Å². The van der Waals surface area contributed by atoms with Gasteiger partial charge in [0.15, 0.2) is 0 Å². The Kier molecular flexibility index (Phi) is 6.43. The number of benzene rings is 3. The molecule has 4 heterocycles. The number of aryl methyl sites for hydroxylation is 3. The number of rotatable bonds is 4. The van der Waals surface area contributed by atoms with Gasteiger partial charge >= 0.3 is 0 Å². The zero-order valence-electron chi connectivity index (χ0n) is 25.3. The van der Waals surface area contributed by atoms with E-state index in [1.54, 1.807) is 7.11 Å². The summed E-state index contributed by atoms with van der Waals surface area (Å²) in [5.74, 6) is 2.16. The summed E-state index contributed by atoms with van der Waals surface area (Å²) in [6.45, 7) is 10.2. The van der Waals surface area contributed by atoms with Crippen molar-refractivity contribution in [2.24, 2.45) is 0 Å². The number of ether oxygens (including phenoxy) is 1. The first-order valence-corrected chi connectivity index (χ1v) is 14.6. The first kappa shape index (κ1) is 27.1. The molecule has 0 saturated carbocycles. The second-order valence-electron chi connectivity index (χ2n) is 11.6. The lowest BCUT2D eigenvalue weighted by molar-refractivity contribution is 0.0574. The number of hydrogen-bond acceptors (Lipinski definition) is 7. The van der Waals surface area contributed by atoms with E-state index < -0.39 is 0 Å². The molecule has 6 aromatic rings. The van der Waals surface area contributed by atoms with Crippen LogP contribution in [0.15, 0.2) is 53.1 Å². The number of piperazine rings is 1. The molecule has 218 valence electrons. The predicted octanol–water partition coefficient (Wildman–Crippen LogP) is 6.30. The summed E-state index contributed by atoms with van der Waals surface area (Å²) in [6, 6.07) is 16.5. The molecule has 1 aliphatic heterocycles. The Morgan fingerprint density at radius 3 is 2.51 bits per heavy atom. The maximum Gasteiger partial charge on any atom is 0.254 e. The van der Waals surface area contributed by atoms with Gasteiger partial charge in [-0.1, -0.05) is 35.5 Å². The molecular formula is C34H34N6O3. The molecule has 1 N–H and O–H groups in total. The van der Waals surface area contributed by atoms with Crippen molar-refractivity contribution < 1.29 is 14.1 Å². The molecule has 1 saturated heterocycles. The lowest BCUT2D eigenvalue weighted by Gasteiger charge is -2.37. The van der Waals surface area contributed by atoms with Crippen molar-refractivity contribution in [1.82, 2.24) is 29.9 Å². The fourth-order valence-electron chi connectivity index (χ4n) is 6.46. The van der Waals surface area contributed by atoms with Crippen LogP contribution in [0.3, 0.4) is 0 Å². The smallest absolute Gasteiger partial charge is 0.254 e. The van der Waals surface area contributed by atoms with Crippen LogP contribution in [0.25, 0.3) is 55.1 Å². The van der Waals surface area contributed by atoms with Crippen molar-refractivity contribution in [3.8, 4) is 28.1 Å². The van der Waals surface area contributed by atoms with Crippen LogP contribution < -0.4 is 4.74 Å². The van der Waals surface area contributed by atoms with E-state index in [0.717, 1.165) is 73.1 Å². The number of carbonyl (C=O) groups is 1. The Morgan fingerprint density at radius 1 is 1.00 bits per heavy atom. The number of aromatic nitrogens is 4. The minimum absolute atomic E-state index is 0.0652. The van der Waals surface area contributed by atoms with Crippen LogP contribution in [0, 0.1) is 20.8 Å².